The molecule has 1 atom stereocenters. The van der Waals surface area contributed by atoms with Crippen molar-refractivity contribution in [2.45, 2.75) is 32.8 Å². The van der Waals surface area contributed by atoms with Crippen LogP contribution in [0.5, 0.6) is 0 Å². The number of benzene rings is 1. The maximum Gasteiger partial charge on any atom is 0.0566 e. The largest absolute Gasteiger partial charge is 0.393 e. The highest BCUT2D eigenvalue weighted by molar-refractivity contribution is 6.30. The Morgan fingerprint density at radius 1 is 1.36 bits per heavy atom. The summed E-state index contributed by atoms with van der Waals surface area (Å²) in [6, 6.07) is 7.80. The molecule has 1 aromatic rings. The maximum absolute atomic E-state index is 9.62. The molecule has 0 aliphatic rings. The summed E-state index contributed by atoms with van der Waals surface area (Å²) < 4.78 is 0. The van der Waals surface area contributed by atoms with E-state index in [-0.39, 0.29) is 6.10 Å². The predicted molar refractivity (Wildman–Crippen MR) is 60.6 cm³/mol. The van der Waals surface area contributed by atoms with Crippen LogP contribution in [0.3, 0.4) is 0 Å². The van der Waals surface area contributed by atoms with Gasteiger partial charge in [0.05, 0.1) is 6.10 Å². The first-order chi connectivity index (χ1) is 6.59. The van der Waals surface area contributed by atoms with Crippen molar-refractivity contribution in [1.82, 2.24) is 0 Å². The van der Waals surface area contributed by atoms with Crippen LogP contribution in [-0.2, 0) is 6.42 Å². The summed E-state index contributed by atoms with van der Waals surface area (Å²) in [5, 5.41) is 10.4. The molecule has 0 saturated heterocycles. The smallest absolute Gasteiger partial charge is 0.0566 e. The van der Waals surface area contributed by atoms with Gasteiger partial charge in [0.15, 0.2) is 0 Å². The average molecular weight is 213 g/mol. The quantitative estimate of drug-likeness (QED) is 0.812. The number of aliphatic hydroxyl groups excluding tert-OH is 1. The van der Waals surface area contributed by atoms with E-state index in [1.165, 1.54) is 5.56 Å². The van der Waals surface area contributed by atoms with Crippen LogP contribution in [0, 0.1) is 5.92 Å². The normalized spacial score (nSPS) is 13.2. The molecule has 1 N–H and O–H groups in total. The van der Waals surface area contributed by atoms with Gasteiger partial charge in [-0.25, -0.2) is 0 Å². The first kappa shape index (κ1) is 11.5. The molecule has 0 spiro atoms. The zero-order chi connectivity index (χ0) is 10.6. The van der Waals surface area contributed by atoms with Crippen molar-refractivity contribution in [3.05, 3.63) is 34.9 Å². The molecular weight excluding hydrogens is 196 g/mol. The van der Waals surface area contributed by atoms with Gasteiger partial charge >= 0.3 is 0 Å². The average Bonchev–Trinajstić information content (AvgIpc) is 2.14. The van der Waals surface area contributed by atoms with Gasteiger partial charge in [0.25, 0.3) is 0 Å². The minimum Gasteiger partial charge on any atom is -0.393 e. The Balaban J connectivity index is 2.45. The van der Waals surface area contributed by atoms with E-state index >= 15 is 0 Å². The standard InChI is InChI=1S/C12H17ClO/c1-9(2)12(14)7-6-10-4-3-5-11(13)8-10/h3-5,8-9,12,14H,6-7H2,1-2H3. The number of hydrogen-bond donors (Lipinski definition) is 1. The van der Waals surface area contributed by atoms with Gasteiger partial charge < -0.3 is 5.11 Å². The molecule has 2 heteroatoms. The summed E-state index contributed by atoms with van der Waals surface area (Å²) in [7, 11) is 0. The lowest BCUT2D eigenvalue weighted by atomic mass is 9.99. The molecule has 0 bridgehead atoms. The van der Waals surface area contributed by atoms with E-state index < -0.39 is 0 Å². The van der Waals surface area contributed by atoms with E-state index in [4.69, 9.17) is 11.6 Å². The van der Waals surface area contributed by atoms with Crippen molar-refractivity contribution in [3.63, 3.8) is 0 Å². The summed E-state index contributed by atoms with van der Waals surface area (Å²) in [5.41, 5.74) is 1.19. The van der Waals surface area contributed by atoms with E-state index in [1.807, 2.05) is 38.1 Å². The van der Waals surface area contributed by atoms with Crippen molar-refractivity contribution in [2.75, 3.05) is 0 Å². The second-order valence-corrected chi connectivity index (χ2v) is 4.42. The monoisotopic (exact) mass is 212 g/mol. The van der Waals surface area contributed by atoms with Crippen LogP contribution in [-0.4, -0.2) is 11.2 Å². The number of halogens is 1. The number of rotatable bonds is 4. The highest BCUT2D eigenvalue weighted by Gasteiger charge is 2.08. The summed E-state index contributed by atoms with van der Waals surface area (Å²) in [6.07, 6.45) is 1.48. The molecule has 0 aliphatic heterocycles. The Morgan fingerprint density at radius 2 is 2.07 bits per heavy atom. The SMILES string of the molecule is CC(C)C(O)CCc1cccc(Cl)c1. The van der Waals surface area contributed by atoms with Gasteiger partial charge in [0.2, 0.25) is 0 Å². The van der Waals surface area contributed by atoms with E-state index in [1.54, 1.807) is 0 Å². The van der Waals surface area contributed by atoms with Crippen LogP contribution in [0.15, 0.2) is 24.3 Å². The van der Waals surface area contributed by atoms with Crippen molar-refractivity contribution < 1.29 is 5.11 Å². The zero-order valence-corrected chi connectivity index (χ0v) is 9.46. The highest BCUT2D eigenvalue weighted by Crippen LogP contribution is 2.14. The molecule has 1 aromatic carbocycles. The third-order valence-corrected chi connectivity index (χ3v) is 2.62. The topological polar surface area (TPSA) is 20.2 Å². The van der Waals surface area contributed by atoms with Gasteiger partial charge in [-0.3, -0.25) is 0 Å². The van der Waals surface area contributed by atoms with Gasteiger partial charge in [-0.05, 0) is 36.5 Å². The molecule has 0 fully saturated rings. The molecule has 0 radical (unpaired) electrons. The van der Waals surface area contributed by atoms with Gasteiger partial charge in [0.1, 0.15) is 0 Å². The molecule has 0 saturated carbocycles. The van der Waals surface area contributed by atoms with E-state index in [9.17, 15) is 5.11 Å². The molecule has 1 rings (SSSR count). The molecule has 78 valence electrons. The molecular formula is C12H17ClO. The van der Waals surface area contributed by atoms with E-state index in [0.717, 1.165) is 17.9 Å². The first-order valence-corrected chi connectivity index (χ1v) is 5.40. The fourth-order valence-electron chi connectivity index (χ4n) is 1.34. The second kappa shape index (κ2) is 5.38. The molecule has 0 aromatic heterocycles. The molecule has 0 amide bonds. The molecule has 14 heavy (non-hydrogen) atoms. The first-order valence-electron chi connectivity index (χ1n) is 5.02. The Morgan fingerprint density at radius 3 is 2.64 bits per heavy atom. The molecule has 0 aliphatic carbocycles. The Kier molecular flexibility index (Phi) is 4.43. The summed E-state index contributed by atoms with van der Waals surface area (Å²) >= 11 is 5.86. The number of aryl methyl sites for hydroxylation is 1. The molecule has 1 unspecified atom stereocenters. The van der Waals surface area contributed by atoms with Crippen LogP contribution in [0.25, 0.3) is 0 Å². The number of aliphatic hydroxyl groups is 1. The highest BCUT2D eigenvalue weighted by atomic mass is 35.5. The zero-order valence-electron chi connectivity index (χ0n) is 8.70. The van der Waals surface area contributed by atoms with Crippen LogP contribution in [0.2, 0.25) is 5.02 Å². The maximum atomic E-state index is 9.62. The van der Waals surface area contributed by atoms with Gasteiger partial charge in [-0.15, -0.1) is 0 Å². The lowest BCUT2D eigenvalue weighted by Gasteiger charge is -2.13. The minimum atomic E-state index is -0.214. The Hall–Kier alpha value is -0.530. The van der Waals surface area contributed by atoms with E-state index in [0.29, 0.717) is 5.92 Å². The van der Waals surface area contributed by atoms with Gasteiger partial charge in [-0.1, -0.05) is 37.6 Å². The Bertz CT molecular complexity index is 283. The third-order valence-electron chi connectivity index (χ3n) is 2.39. The van der Waals surface area contributed by atoms with Crippen molar-refractivity contribution in [1.29, 1.82) is 0 Å². The van der Waals surface area contributed by atoms with E-state index in [2.05, 4.69) is 0 Å². The van der Waals surface area contributed by atoms with Crippen LogP contribution < -0.4 is 0 Å². The van der Waals surface area contributed by atoms with Gasteiger partial charge in [0, 0.05) is 5.02 Å². The van der Waals surface area contributed by atoms with Crippen molar-refractivity contribution >= 4 is 11.6 Å². The Labute approximate surface area is 90.7 Å². The number of hydrogen-bond acceptors (Lipinski definition) is 1. The summed E-state index contributed by atoms with van der Waals surface area (Å²) in [6.45, 7) is 4.06. The molecule has 0 heterocycles. The van der Waals surface area contributed by atoms with Crippen LogP contribution >= 0.6 is 11.6 Å². The third kappa shape index (κ3) is 3.69. The lowest BCUT2D eigenvalue weighted by molar-refractivity contribution is 0.116. The second-order valence-electron chi connectivity index (χ2n) is 3.98. The van der Waals surface area contributed by atoms with Crippen LogP contribution in [0.4, 0.5) is 0 Å². The van der Waals surface area contributed by atoms with Crippen LogP contribution in [0.1, 0.15) is 25.8 Å². The predicted octanol–water partition coefficient (Wildman–Crippen LogP) is 3.29. The summed E-state index contributed by atoms with van der Waals surface area (Å²) in [4.78, 5) is 0. The minimum absolute atomic E-state index is 0.214. The fraction of sp³-hybridized carbons (Fsp3) is 0.500. The fourth-order valence-corrected chi connectivity index (χ4v) is 1.55. The van der Waals surface area contributed by atoms with Crippen molar-refractivity contribution in [2.24, 2.45) is 5.92 Å². The van der Waals surface area contributed by atoms with Gasteiger partial charge in [-0.2, -0.15) is 0 Å². The molecule has 1 nitrogen and oxygen atoms in total. The van der Waals surface area contributed by atoms with Crippen molar-refractivity contribution in [3.8, 4) is 0 Å². The summed E-state index contributed by atoms with van der Waals surface area (Å²) in [5.74, 6) is 0.328. The lowest BCUT2D eigenvalue weighted by Crippen LogP contribution is -2.15.